The predicted molar refractivity (Wildman–Crippen MR) is 101 cm³/mol. The average Bonchev–Trinajstić information content (AvgIpc) is 2.66. The Kier molecular flexibility index (Phi) is 5.92. The number of carbonyl (C=O) groups excluding carboxylic acids is 1. The third kappa shape index (κ3) is 4.73. The molecule has 0 aromatic heterocycles. The summed E-state index contributed by atoms with van der Waals surface area (Å²) in [4.78, 5) is 12.6. The van der Waals surface area contributed by atoms with Gasteiger partial charge in [0.15, 0.2) is 0 Å². The minimum atomic E-state index is -3.73. The Morgan fingerprint density at radius 3 is 2.67 bits per heavy atom. The van der Waals surface area contributed by atoms with Crippen LogP contribution in [0, 0.1) is 18.7 Å². The van der Waals surface area contributed by atoms with Crippen molar-refractivity contribution in [1.29, 1.82) is 0 Å². The van der Waals surface area contributed by atoms with Crippen molar-refractivity contribution in [1.82, 2.24) is 9.62 Å². The zero-order valence-corrected chi connectivity index (χ0v) is 16.0. The molecule has 2 aromatic rings. The summed E-state index contributed by atoms with van der Waals surface area (Å²) in [6.07, 6.45) is 1.26. The van der Waals surface area contributed by atoms with Crippen LogP contribution in [-0.4, -0.2) is 31.7 Å². The summed E-state index contributed by atoms with van der Waals surface area (Å²) in [5, 5.41) is 2.91. The highest BCUT2D eigenvalue weighted by Crippen LogP contribution is 2.24. The van der Waals surface area contributed by atoms with E-state index in [1.165, 1.54) is 16.4 Å². The first-order valence-electron chi connectivity index (χ1n) is 8.95. The summed E-state index contributed by atoms with van der Waals surface area (Å²) in [6, 6.07) is 12.6. The highest BCUT2D eigenvalue weighted by Gasteiger charge is 2.33. The number of hydrogen-bond acceptors (Lipinski definition) is 3. The molecule has 144 valence electrons. The Bertz CT molecular complexity index is 913. The number of halogens is 1. The standard InChI is InChI=1S/C20H23FN2O3S/c1-15-4-2-5-16(12-15)13-22-20(24)17-6-3-11-23(14-17)27(25,26)19-9-7-18(21)8-10-19/h2,4-5,7-10,12,17H,3,6,11,13-14H2,1H3,(H,22,24). The molecule has 1 aliphatic rings. The molecule has 27 heavy (non-hydrogen) atoms. The summed E-state index contributed by atoms with van der Waals surface area (Å²) in [5.41, 5.74) is 2.13. The zero-order valence-electron chi connectivity index (χ0n) is 15.2. The minimum absolute atomic E-state index is 0.0460. The van der Waals surface area contributed by atoms with Gasteiger partial charge in [0.25, 0.3) is 0 Å². The molecule has 5 nitrogen and oxygen atoms in total. The largest absolute Gasteiger partial charge is 0.352 e. The zero-order chi connectivity index (χ0) is 19.4. The van der Waals surface area contributed by atoms with Gasteiger partial charge in [0.1, 0.15) is 5.82 Å². The van der Waals surface area contributed by atoms with E-state index >= 15 is 0 Å². The molecular weight excluding hydrogens is 367 g/mol. The monoisotopic (exact) mass is 390 g/mol. The van der Waals surface area contributed by atoms with Crippen molar-refractivity contribution in [3.8, 4) is 0 Å². The van der Waals surface area contributed by atoms with E-state index in [-0.39, 0.29) is 17.3 Å². The van der Waals surface area contributed by atoms with Gasteiger partial charge in [0.2, 0.25) is 15.9 Å². The summed E-state index contributed by atoms with van der Waals surface area (Å²) in [5.74, 6) is -1.02. The van der Waals surface area contributed by atoms with Gasteiger partial charge in [-0.15, -0.1) is 0 Å². The van der Waals surface area contributed by atoms with Gasteiger partial charge >= 0.3 is 0 Å². The summed E-state index contributed by atoms with van der Waals surface area (Å²) >= 11 is 0. The molecule has 1 atom stereocenters. The Balaban J connectivity index is 1.64. The van der Waals surface area contributed by atoms with Gasteiger partial charge in [-0.05, 0) is 49.6 Å². The van der Waals surface area contributed by atoms with Crippen molar-refractivity contribution in [3.05, 3.63) is 65.5 Å². The molecule has 1 aliphatic heterocycles. The maximum Gasteiger partial charge on any atom is 0.243 e. The fraction of sp³-hybridized carbons (Fsp3) is 0.350. The van der Waals surface area contributed by atoms with Crippen molar-refractivity contribution >= 4 is 15.9 Å². The van der Waals surface area contributed by atoms with Crippen LogP contribution in [0.4, 0.5) is 4.39 Å². The van der Waals surface area contributed by atoms with Crippen molar-refractivity contribution in [2.45, 2.75) is 31.2 Å². The van der Waals surface area contributed by atoms with E-state index in [1.807, 2.05) is 31.2 Å². The van der Waals surface area contributed by atoms with Crippen LogP contribution >= 0.6 is 0 Å². The summed E-state index contributed by atoms with van der Waals surface area (Å²) in [6.45, 7) is 2.91. The Morgan fingerprint density at radius 2 is 1.96 bits per heavy atom. The SMILES string of the molecule is Cc1cccc(CNC(=O)C2CCCN(S(=O)(=O)c3ccc(F)cc3)C2)c1. The number of rotatable bonds is 5. The van der Waals surface area contributed by atoms with E-state index in [0.717, 1.165) is 23.3 Å². The molecule has 1 unspecified atom stereocenters. The van der Waals surface area contributed by atoms with Crippen molar-refractivity contribution < 1.29 is 17.6 Å². The molecule has 0 spiro atoms. The first-order chi connectivity index (χ1) is 12.9. The number of benzene rings is 2. The fourth-order valence-electron chi connectivity index (χ4n) is 3.29. The second kappa shape index (κ2) is 8.19. The third-order valence-electron chi connectivity index (χ3n) is 4.76. The minimum Gasteiger partial charge on any atom is -0.352 e. The molecule has 1 saturated heterocycles. The van der Waals surface area contributed by atoms with Crippen LogP contribution in [-0.2, 0) is 21.4 Å². The van der Waals surface area contributed by atoms with Crippen molar-refractivity contribution in [2.24, 2.45) is 5.92 Å². The lowest BCUT2D eigenvalue weighted by molar-refractivity contribution is -0.126. The number of nitrogens with zero attached hydrogens (tertiary/aromatic N) is 1. The molecule has 2 aromatic carbocycles. The number of amides is 1. The van der Waals surface area contributed by atoms with Crippen LogP contribution < -0.4 is 5.32 Å². The molecular formula is C20H23FN2O3S. The predicted octanol–water partition coefficient (Wildman–Crippen LogP) is 2.85. The van der Waals surface area contributed by atoms with E-state index in [2.05, 4.69) is 5.32 Å². The van der Waals surface area contributed by atoms with Crippen LogP contribution in [0.5, 0.6) is 0 Å². The number of hydrogen-bond donors (Lipinski definition) is 1. The second-order valence-electron chi connectivity index (χ2n) is 6.86. The average molecular weight is 390 g/mol. The number of sulfonamides is 1. The molecule has 0 bridgehead atoms. The highest BCUT2D eigenvalue weighted by molar-refractivity contribution is 7.89. The fourth-order valence-corrected chi connectivity index (χ4v) is 4.81. The second-order valence-corrected chi connectivity index (χ2v) is 8.80. The molecule has 1 fully saturated rings. The molecule has 1 amide bonds. The molecule has 0 saturated carbocycles. The van der Waals surface area contributed by atoms with Gasteiger partial charge in [-0.3, -0.25) is 4.79 Å². The Labute approximate surface area is 159 Å². The first kappa shape index (κ1) is 19.5. The van der Waals surface area contributed by atoms with E-state index in [1.54, 1.807) is 0 Å². The lowest BCUT2D eigenvalue weighted by Gasteiger charge is -2.31. The smallest absolute Gasteiger partial charge is 0.243 e. The number of carbonyl (C=O) groups is 1. The molecule has 3 rings (SSSR count). The lowest BCUT2D eigenvalue weighted by Crippen LogP contribution is -2.45. The molecule has 0 radical (unpaired) electrons. The van der Waals surface area contributed by atoms with Gasteiger partial charge in [-0.2, -0.15) is 4.31 Å². The van der Waals surface area contributed by atoms with Gasteiger partial charge in [-0.1, -0.05) is 29.8 Å². The molecule has 1 N–H and O–H groups in total. The summed E-state index contributed by atoms with van der Waals surface area (Å²) < 4.78 is 39.9. The van der Waals surface area contributed by atoms with Crippen molar-refractivity contribution in [3.63, 3.8) is 0 Å². The van der Waals surface area contributed by atoms with Gasteiger partial charge in [-0.25, -0.2) is 12.8 Å². The van der Waals surface area contributed by atoms with E-state index in [9.17, 15) is 17.6 Å². The van der Waals surface area contributed by atoms with Crippen LogP contribution in [0.15, 0.2) is 53.4 Å². The molecule has 7 heteroatoms. The van der Waals surface area contributed by atoms with E-state index in [4.69, 9.17) is 0 Å². The van der Waals surface area contributed by atoms with Crippen LogP contribution in [0.3, 0.4) is 0 Å². The van der Waals surface area contributed by atoms with Crippen molar-refractivity contribution in [2.75, 3.05) is 13.1 Å². The Morgan fingerprint density at radius 1 is 1.22 bits per heavy atom. The molecule has 0 aliphatic carbocycles. The van der Waals surface area contributed by atoms with Gasteiger partial charge in [0, 0.05) is 19.6 Å². The maximum absolute atomic E-state index is 13.1. The third-order valence-corrected chi connectivity index (χ3v) is 6.63. The van der Waals surface area contributed by atoms with Crippen LogP contribution in [0.25, 0.3) is 0 Å². The first-order valence-corrected chi connectivity index (χ1v) is 10.4. The number of aryl methyl sites for hydroxylation is 1. The lowest BCUT2D eigenvalue weighted by atomic mass is 9.98. The van der Waals surface area contributed by atoms with Gasteiger partial charge in [0.05, 0.1) is 10.8 Å². The number of nitrogens with one attached hydrogen (secondary N) is 1. The highest BCUT2D eigenvalue weighted by atomic mass is 32.2. The quantitative estimate of drug-likeness (QED) is 0.854. The maximum atomic E-state index is 13.1. The number of piperidine rings is 1. The van der Waals surface area contributed by atoms with Crippen LogP contribution in [0.1, 0.15) is 24.0 Å². The van der Waals surface area contributed by atoms with E-state index in [0.29, 0.717) is 25.9 Å². The van der Waals surface area contributed by atoms with Crippen LogP contribution in [0.2, 0.25) is 0 Å². The van der Waals surface area contributed by atoms with E-state index < -0.39 is 21.8 Å². The molecule has 1 heterocycles. The Hall–Kier alpha value is -2.25. The topological polar surface area (TPSA) is 66.5 Å². The summed E-state index contributed by atoms with van der Waals surface area (Å²) in [7, 11) is -3.73. The van der Waals surface area contributed by atoms with Gasteiger partial charge < -0.3 is 5.32 Å². The normalized spacial score (nSPS) is 18.2.